The summed E-state index contributed by atoms with van der Waals surface area (Å²) in [5, 5.41) is 11.6. The molecule has 31 heavy (non-hydrogen) atoms. The Labute approximate surface area is 187 Å². The van der Waals surface area contributed by atoms with Crippen molar-refractivity contribution in [1.29, 1.82) is 0 Å². The lowest BCUT2D eigenvalue weighted by molar-refractivity contribution is 0.402. The number of halogens is 1. The van der Waals surface area contributed by atoms with E-state index in [0.29, 0.717) is 36.0 Å². The van der Waals surface area contributed by atoms with Crippen LogP contribution in [-0.4, -0.2) is 61.8 Å². The predicted molar refractivity (Wildman–Crippen MR) is 123 cm³/mol. The van der Waals surface area contributed by atoms with Crippen LogP contribution in [0.2, 0.25) is 0 Å². The minimum atomic E-state index is 0.358. The number of ether oxygens (including phenoxy) is 1. The molecule has 162 valence electrons. The fraction of sp³-hybridized carbons (Fsp3) is 0.400. The van der Waals surface area contributed by atoms with Crippen LogP contribution in [0.5, 0.6) is 5.75 Å². The van der Waals surface area contributed by atoms with Gasteiger partial charge in [0.15, 0.2) is 11.5 Å². The fourth-order valence-electron chi connectivity index (χ4n) is 4.06. The normalized spacial score (nSPS) is 19.3. The standard InChI is InChI=1S/C20H24BrN9O/c1-11-9-29(10-12(2)24-11)20-27-18(19-23-7-15(21)30(19)28-20)22-8-16-25-13-5-4-6-14(31-3)17(13)26-16/h4-7,11-12,24H,8-10H2,1-3H3,(H,25,26)(H,22,27,28). The molecule has 2 atom stereocenters. The SMILES string of the molecule is COc1cccc2[nH]c(CNc3nc(N4CC(C)NC(C)C4)nn4c(Br)cnc34)nc12. The van der Waals surface area contributed by atoms with E-state index in [-0.39, 0.29) is 0 Å². The van der Waals surface area contributed by atoms with Gasteiger partial charge in [-0.15, -0.1) is 5.10 Å². The molecule has 5 rings (SSSR count). The molecule has 0 aliphatic carbocycles. The highest BCUT2D eigenvalue weighted by Gasteiger charge is 2.24. The van der Waals surface area contributed by atoms with E-state index in [1.54, 1.807) is 17.8 Å². The lowest BCUT2D eigenvalue weighted by Crippen LogP contribution is -2.54. The van der Waals surface area contributed by atoms with Crippen LogP contribution in [0.4, 0.5) is 11.8 Å². The number of benzene rings is 1. The molecular formula is C20H24BrN9O. The van der Waals surface area contributed by atoms with Crippen LogP contribution in [-0.2, 0) is 6.54 Å². The van der Waals surface area contributed by atoms with Gasteiger partial charge >= 0.3 is 0 Å². The molecule has 0 spiro atoms. The highest BCUT2D eigenvalue weighted by molar-refractivity contribution is 9.10. The Morgan fingerprint density at radius 1 is 1.23 bits per heavy atom. The molecule has 3 N–H and O–H groups in total. The van der Waals surface area contributed by atoms with E-state index in [1.165, 1.54) is 0 Å². The number of methoxy groups -OCH3 is 1. The highest BCUT2D eigenvalue weighted by atomic mass is 79.9. The van der Waals surface area contributed by atoms with E-state index < -0.39 is 0 Å². The summed E-state index contributed by atoms with van der Waals surface area (Å²) in [7, 11) is 1.65. The van der Waals surface area contributed by atoms with Crippen molar-refractivity contribution in [2.45, 2.75) is 32.5 Å². The fourth-order valence-corrected chi connectivity index (χ4v) is 4.41. The summed E-state index contributed by atoms with van der Waals surface area (Å²) in [5.41, 5.74) is 2.39. The quantitative estimate of drug-likeness (QED) is 0.395. The lowest BCUT2D eigenvalue weighted by Gasteiger charge is -2.36. The minimum Gasteiger partial charge on any atom is -0.494 e. The molecule has 0 saturated carbocycles. The Morgan fingerprint density at radius 2 is 2.03 bits per heavy atom. The van der Waals surface area contributed by atoms with Gasteiger partial charge in [0.1, 0.15) is 21.7 Å². The molecule has 1 saturated heterocycles. The number of aromatic nitrogens is 6. The zero-order chi connectivity index (χ0) is 21.5. The summed E-state index contributed by atoms with van der Waals surface area (Å²) in [5.74, 6) is 2.85. The molecule has 0 bridgehead atoms. The molecule has 10 nitrogen and oxygen atoms in total. The second-order valence-corrected chi connectivity index (χ2v) is 8.66. The second kappa shape index (κ2) is 7.97. The topological polar surface area (TPSA) is 108 Å². The van der Waals surface area contributed by atoms with Gasteiger partial charge in [-0.3, -0.25) is 0 Å². The number of hydrogen-bond acceptors (Lipinski definition) is 8. The number of piperazine rings is 1. The zero-order valence-corrected chi connectivity index (χ0v) is 19.1. The number of anilines is 2. The van der Waals surface area contributed by atoms with Gasteiger partial charge < -0.3 is 25.3 Å². The van der Waals surface area contributed by atoms with Gasteiger partial charge in [0, 0.05) is 25.2 Å². The van der Waals surface area contributed by atoms with Gasteiger partial charge in [-0.25, -0.2) is 9.97 Å². The minimum absolute atomic E-state index is 0.358. The molecule has 1 aliphatic heterocycles. The van der Waals surface area contributed by atoms with Crippen molar-refractivity contribution in [2.24, 2.45) is 0 Å². The summed E-state index contributed by atoms with van der Waals surface area (Å²) in [6, 6.07) is 6.53. The van der Waals surface area contributed by atoms with Crippen molar-refractivity contribution < 1.29 is 4.74 Å². The van der Waals surface area contributed by atoms with Crippen LogP contribution in [0.25, 0.3) is 16.7 Å². The lowest BCUT2D eigenvalue weighted by atomic mass is 10.1. The average Bonchev–Trinajstić information content (AvgIpc) is 3.34. The summed E-state index contributed by atoms with van der Waals surface area (Å²) >= 11 is 3.54. The Kier molecular flexibility index (Phi) is 5.14. The number of nitrogens with one attached hydrogen (secondary N) is 3. The van der Waals surface area contributed by atoms with Gasteiger partial charge in [-0.05, 0) is 41.9 Å². The van der Waals surface area contributed by atoms with Gasteiger partial charge in [0.25, 0.3) is 0 Å². The third kappa shape index (κ3) is 3.79. The van der Waals surface area contributed by atoms with Gasteiger partial charge in [0.05, 0.1) is 25.4 Å². The number of para-hydroxylation sites is 1. The smallest absolute Gasteiger partial charge is 0.245 e. The molecule has 3 aromatic heterocycles. The van der Waals surface area contributed by atoms with Gasteiger partial charge in [-0.2, -0.15) is 9.50 Å². The first kappa shape index (κ1) is 20.0. The van der Waals surface area contributed by atoms with Crippen molar-refractivity contribution in [2.75, 3.05) is 30.4 Å². The molecule has 4 heterocycles. The third-order valence-electron chi connectivity index (χ3n) is 5.32. The van der Waals surface area contributed by atoms with Gasteiger partial charge in [-0.1, -0.05) is 6.07 Å². The van der Waals surface area contributed by atoms with Crippen molar-refractivity contribution in [3.05, 3.63) is 34.8 Å². The number of imidazole rings is 2. The van der Waals surface area contributed by atoms with Crippen molar-refractivity contribution >= 4 is 44.4 Å². The summed E-state index contributed by atoms with van der Waals surface area (Å²) in [6.07, 6.45) is 1.73. The molecule has 1 aliphatic rings. The molecule has 11 heteroatoms. The Morgan fingerprint density at radius 3 is 2.81 bits per heavy atom. The number of fused-ring (bicyclic) bond motifs is 2. The Balaban J connectivity index is 1.46. The van der Waals surface area contributed by atoms with Crippen molar-refractivity contribution in [3.8, 4) is 5.75 Å². The van der Waals surface area contributed by atoms with E-state index >= 15 is 0 Å². The van der Waals surface area contributed by atoms with Crippen molar-refractivity contribution in [3.63, 3.8) is 0 Å². The second-order valence-electron chi connectivity index (χ2n) is 7.84. The first-order valence-electron chi connectivity index (χ1n) is 10.2. The molecular weight excluding hydrogens is 462 g/mol. The number of hydrogen-bond donors (Lipinski definition) is 3. The van der Waals surface area contributed by atoms with Crippen LogP contribution in [0, 0.1) is 0 Å². The number of rotatable bonds is 5. The highest BCUT2D eigenvalue weighted by Crippen LogP contribution is 2.25. The van der Waals surface area contributed by atoms with E-state index in [9.17, 15) is 0 Å². The molecule has 1 aromatic carbocycles. The van der Waals surface area contributed by atoms with Crippen LogP contribution in [0.15, 0.2) is 29.0 Å². The molecule has 0 radical (unpaired) electrons. The first-order chi connectivity index (χ1) is 15.0. The van der Waals surface area contributed by atoms with Crippen LogP contribution < -0.4 is 20.3 Å². The van der Waals surface area contributed by atoms with Crippen LogP contribution in [0.1, 0.15) is 19.7 Å². The summed E-state index contributed by atoms with van der Waals surface area (Å²) < 4.78 is 7.96. The summed E-state index contributed by atoms with van der Waals surface area (Å²) in [6.45, 7) is 6.48. The summed E-state index contributed by atoms with van der Waals surface area (Å²) in [4.78, 5) is 19.5. The molecule has 2 unspecified atom stereocenters. The third-order valence-corrected chi connectivity index (χ3v) is 5.86. The van der Waals surface area contributed by atoms with E-state index in [0.717, 1.165) is 40.3 Å². The molecule has 1 fully saturated rings. The van der Waals surface area contributed by atoms with Gasteiger partial charge in [0.2, 0.25) is 5.95 Å². The van der Waals surface area contributed by atoms with E-state index in [1.807, 2.05) is 18.2 Å². The van der Waals surface area contributed by atoms with Crippen LogP contribution >= 0.6 is 15.9 Å². The number of nitrogens with zero attached hydrogens (tertiary/aromatic N) is 6. The maximum atomic E-state index is 5.41. The zero-order valence-electron chi connectivity index (χ0n) is 17.6. The van der Waals surface area contributed by atoms with E-state index in [2.05, 4.69) is 60.3 Å². The maximum absolute atomic E-state index is 5.41. The average molecular weight is 486 g/mol. The predicted octanol–water partition coefficient (Wildman–Crippen LogP) is 2.57. The largest absolute Gasteiger partial charge is 0.494 e. The Bertz CT molecular complexity index is 1230. The van der Waals surface area contributed by atoms with E-state index in [4.69, 9.17) is 14.8 Å². The monoisotopic (exact) mass is 485 g/mol. The molecule has 0 amide bonds. The number of H-pyrrole nitrogens is 1. The number of aromatic amines is 1. The maximum Gasteiger partial charge on any atom is 0.245 e. The van der Waals surface area contributed by atoms with Crippen molar-refractivity contribution in [1.82, 2.24) is 34.9 Å². The first-order valence-corrected chi connectivity index (χ1v) is 11.0. The van der Waals surface area contributed by atoms with Crippen LogP contribution in [0.3, 0.4) is 0 Å². The Hall–Kier alpha value is -2.92. The molecule has 4 aromatic rings.